The normalized spacial score (nSPS) is 14.3. The van der Waals surface area contributed by atoms with Crippen molar-refractivity contribution < 1.29 is 46.0 Å². The molecule has 0 amide bonds. The number of carbonyl (C=O) groups is 1. The van der Waals surface area contributed by atoms with Crippen molar-refractivity contribution >= 4 is 5.97 Å². The molecule has 1 saturated heterocycles. The summed E-state index contributed by atoms with van der Waals surface area (Å²) in [6.07, 6.45) is -2.20. The summed E-state index contributed by atoms with van der Waals surface area (Å²) >= 11 is 0. The minimum Gasteiger partial charge on any atom is -0.494 e. The topological polar surface area (TPSA) is 63.2 Å². The summed E-state index contributed by atoms with van der Waals surface area (Å²) in [7, 11) is 0. The van der Waals surface area contributed by atoms with Crippen LogP contribution in [0.4, 0.5) is 17.6 Å². The first-order chi connectivity index (χ1) is 19.2. The number of esters is 1. The zero-order chi connectivity index (χ0) is 28.6. The van der Waals surface area contributed by atoms with Crippen LogP contribution in [-0.4, -0.2) is 45.4 Å². The van der Waals surface area contributed by atoms with E-state index in [1.54, 1.807) is 36.4 Å². The third kappa shape index (κ3) is 8.19. The van der Waals surface area contributed by atoms with Crippen molar-refractivity contribution in [3.05, 3.63) is 78.1 Å². The summed E-state index contributed by atoms with van der Waals surface area (Å²) in [5.74, 6) is -1.74. The van der Waals surface area contributed by atoms with Crippen molar-refractivity contribution in [2.75, 3.05) is 33.0 Å². The van der Waals surface area contributed by atoms with Gasteiger partial charge in [-0.2, -0.15) is 0 Å². The van der Waals surface area contributed by atoms with Gasteiger partial charge in [0.15, 0.2) is 11.6 Å². The second-order valence-corrected chi connectivity index (χ2v) is 9.59. The van der Waals surface area contributed by atoms with Crippen molar-refractivity contribution in [1.29, 1.82) is 0 Å². The molecule has 0 spiro atoms. The van der Waals surface area contributed by atoms with Crippen LogP contribution < -0.4 is 14.2 Å². The zero-order valence-corrected chi connectivity index (χ0v) is 22.0. The molecule has 1 heterocycles. The molecular formula is C30H30F4O6. The summed E-state index contributed by atoms with van der Waals surface area (Å²) < 4.78 is 76.9. The lowest BCUT2D eigenvalue weighted by Crippen LogP contribution is -2.45. The molecule has 0 N–H and O–H groups in total. The average molecular weight is 563 g/mol. The first-order valence-electron chi connectivity index (χ1n) is 12.9. The summed E-state index contributed by atoms with van der Waals surface area (Å²) in [4.78, 5) is 12.5. The number of halogens is 4. The van der Waals surface area contributed by atoms with Crippen LogP contribution in [0.1, 0.15) is 36.5 Å². The Hall–Kier alpha value is -3.63. The summed E-state index contributed by atoms with van der Waals surface area (Å²) in [5.41, 5.74) is 1.37. The molecule has 0 radical (unpaired) electrons. The van der Waals surface area contributed by atoms with Crippen molar-refractivity contribution in [2.24, 2.45) is 5.41 Å². The third-order valence-corrected chi connectivity index (χ3v) is 6.57. The monoisotopic (exact) mass is 562 g/mol. The Balaban J connectivity index is 1.20. The fourth-order valence-corrected chi connectivity index (χ4v) is 4.02. The molecule has 0 unspecified atom stereocenters. The van der Waals surface area contributed by atoms with E-state index in [0.29, 0.717) is 35.7 Å². The Morgan fingerprint density at radius 2 is 1.55 bits per heavy atom. The highest BCUT2D eigenvalue weighted by Gasteiger charge is 2.36. The second-order valence-electron chi connectivity index (χ2n) is 9.59. The first-order valence-corrected chi connectivity index (χ1v) is 12.9. The Kier molecular flexibility index (Phi) is 9.65. The van der Waals surface area contributed by atoms with Crippen molar-refractivity contribution in [3.63, 3.8) is 0 Å². The van der Waals surface area contributed by atoms with E-state index in [-0.39, 0.29) is 11.2 Å². The minimum absolute atomic E-state index is 0.192. The number of hydrogen-bond acceptors (Lipinski definition) is 6. The summed E-state index contributed by atoms with van der Waals surface area (Å²) in [5, 5.41) is 0. The largest absolute Gasteiger partial charge is 0.573 e. The van der Waals surface area contributed by atoms with E-state index in [0.717, 1.165) is 51.2 Å². The second kappa shape index (κ2) is 13.1. The van der Waals surface area contributed by atoms with Crippen molar-refractivity contribution in [3.8, 4) is 28.4 Å². The lowest BCUT2D eigenvalue weighted by atomic mass is 9.84. The van der Waals surface area contributed by atoms with Crippen LogP contribution in [0.25, 0.3) is 11.1 Å². The fourth-order valence-electron chi connectivity index (χ4n) is 4.02. The lowest BCUT2D eigenvalue weighted by molar-refractivity contribution is -0.275. The van der Waals surface area contributed by atoms with Gasteiger partial charge in [-0.1, -0.05) is 25.1 Å². The molecule has 3 aromatic carbocycles. The molecule has 40 heavy (non-hydrogen) atoms. The van der Waals surface area contributed by atoms with E-state index in [1.165, 1.54) is 18.2 Å². The van der Waals surface area contributed by atoms with Gasteiger partial charge in [0.25, 0.3) is 0 Å². The number of carbonyl (C=O) groups excluding carboxylic acids is 1. The van der Waals surface area contributed by atoms with Crippen LogP contribution in [0.2, 0.25) is 0 Å². The molecule has 10 heteroatoms. The predicted octanol–water partition coefficient (Wildman–Crippen LogP) is 7.21. The van der Waals surface area contributed by atoms with Crippen LogP contribution in [0.3, 0.4) is 0 Å². The number of benzene rings is 3. The minimum atomic E-state index is -4.99. The Labute approximate surface area is 229 Å². The molecule has 4 rings (SSSR count). The molecule has 0 aromatic heterocycles. The fraction of sp³-hybridized carbons (Fsp3) is 0.367. The van der Waals surface area contributed by atoms with Crippen LogP contribution >= 0.6 is 0 Å². The highest BCUT2D eigenvalue weighted by atomic mass is 19.4. The first kappa shape index (κ1) is 29.4. The van der Waals surface area contributed by atoms with E-state index in [1.807, 2.05) is 0 Å². The number of ether oxygens (including phenoxy) is 5. The van der Waals surface area contributed by atoms with Crippen molar-refractivity contribution in [2.45, 2.75) is 32.5 Å². The molecular weight excluding hydrogens is 532 g/mol. The van der Waals surface area contributed by atoms with Gasteiger partial charge in [0.05, 0.1) is 32.0 Å². The van der Waals surface area contributed by atoms with Gasteiger partial charge in [0, 0.05) is 12.0 Å². The van der Waals surface area contributed by atoms with Gasteiger partial charge >= 0.3 is 12.3 Å². The number of rotatable bonds is 13. The average Bonchev–Trinajstić information content (AvgIpc) is 2.90. The van der Waals surface area contributed by atoms with Gasteiger partial charge < -0.3 is 23.7 Å². The Morgan fingerprint density at radius 1 is 0.900 bits per heavy atom. The highest BCUT2D eigenvalue weighted by molar-refractivity contribution is 5.91. The van der Waals surface area contributed by atoms with Gasteiger partial charge in [-0.25, -0.2) is 9.18 Å². The molecule has 0 aliphatic carbocycles. The molecule has 0 saturated carbocycles. The Morgan fingerprint density at radius 3 is 2.15 bits per heavy atom. The maximum absolute atomic E-state index is 14.0. The molecule has 1 aliphatic rings. The maximum atomic E-state index is 14.0. The molecule has 1 aliphatic heterocycles. The van der Waals surface area contributed by atoms with E-state index in [9.17, 15) is 22.4 Å². The van der Waals surface area contributed by atoms with Gasteiger partial charge in [0.1, 0.15) is 11.5 Å². The van der Waals surface area contributed by atoms with Crippen LogP contribution in [0.15, 0.2) is 66.7 Å². The Bertz CT molecular complexity index is 1250. The molecule has 3 aromatic rings. The number of hydrogen-bond donors (Lipinski definition) is 0. The lowest BCUT2D eigenvalue weighted by Gasteiger charge is -2.40. The van der Waals surface area contributed by atoms with Gasteiger partial charge in [-0.05, 0) is 78.9 Å². The van der Waals surface area contributed by atoms with Gasteiger partial charge in [-0.15, -0.1) is 13.2 Å². The predicted molar refractivity (Wildman–Crippen MR) is 139 cm³/mol. The highest BCUT2D eigenvalue weighted by Crippen LogP contribution is 2.32. The zero-order valence-electron chi connectivity index (χ0n) is 22.0. The van der Waals surface area contributed by atoms with Gasteiger partial charge in [-0.3, -0.25) is 0 Å². The van der Waals surface area contributed by atoms with E-state index in [2.05, 4.69) is 11.7 Å². The number of alkyl halides is 3. The number of unbranched alkanes of at least 4 members (excludes halogenated alkanes) is 1. The van der Waals surface area contributed by atoms with Crippen molar-refractivity contribution in [1.82, 2.24) is 0 Å². The van der Waals surface area contributed by atoms with Crippen LogP contribution in [-0.2, 0) is 9.47 Å². The van der Waals surface area contributed by atoms with Crippen LogP contribution in [0.5, 0.6) is 17.2 Å². The molecule has 214 valence electrons. The van der Waals surface area contributed by atoms with E-state index >= 15 is 0 Å². The summed E-state index contributed by atoms with van der Waals surface area (Å²) in [6, 6.07) is 15.9. The van der Waals surface area contributed by atoms with Gasteiger partial charge in [0.2, 0.25) is 0 Å². The van der Waals surface area contributed by atoms with E-state index in [4.69, 9.17) is 18.9 Å². The SMILES string of the molecule is CCC1(COCCCCOc2ccc(C(=O)Oc3ccc(-c4ccc(OC(F)(F)F)c(F)c4)cc3)cc2)COC1. The quantitative estimate of drug-likeness (QED) is 0.0950. The standard InChI is InChI=1S/C30H30F4O6/c1-2-29(19-37-20-29)18-36-15-3-4-16-38-24-10-7-22(8-11-24)28(35)39-25-12-5-21(6-13-25)23-9-14-27(26(31)17-23)40-30(32,33)34/h5-14,17H,2-4,15-16,18-20H2,1H3. The molecule has 1 fully saturated rings. The molecule has 6 nitrogen and oxygen atoms in total. The molecule has 0 bridgehead atoms. The smallest absolute Gasteiger partial charge is 0.494 e. The van der Waals surface area contributed by atoms with E-state index < -0.39 is 23.9 Å². The van der Waals surface area contributed by atoms with Crippen LogP contribution in [0, 0.1) is 11.2 Å². The molecule has 0 atom stereocenters. The third-order valence-electron chi connectivity index (χ3n) is 6.57. The maximum Gasteiger partial charge on any atom is 0.573 e. The summed E-state index contributed by atoms with van der Waals surface area (Å²) in [6.45, 7) is 5.63.